The molecule has 4 bridgehead atoms. The van der Waals surface area contributed by atoms with E-state index >= 15 is 0 Å². The Bertz CT molecular complexity index is 565. The Hall–Kier alpha value is -1.26. The minimum Gasteiger partial charge on any atom is -0.428 e. The van der Waals surface area contributed by atoms with E-state index in [4.69, 9.17) is 9.47 Å². The number of hydrogen-bond donors (Lipinski definition) is 1. The van der Waals surface area contributed by atoms with Crippen molar-refractivity contribution in [2.24, 2.45) is 23.2 Å². The fourth-order valence-corrected chi connectivity index (χ4v) is 7.01. The third-order valence-electron chi connectivity index (χ3n) is 7.63. The Kier molecular flexibility index (Phi) is 6.93. The smallest absolute Gasteiger partial charge is 0.410 e. The maximum atomic E-state index is 12.4. The van der Waals surface area contributed by atoms with Gasteiger partial charge in [0.1, 0.15) is 0 Å². The lowest BCUT2D eigenvalue weighted by atomic mass is 9.43. The molecule has 1 N–H and O–H groups in total. The van der Waals surface area contributed by atoms with Gasteiger partial charge in [0, 0.05) is 12.0 Å². The Balaban J connectivity index is 1.39. The molecule has 160 valence electrons. The average Bonchev–Trinajstić information content (AvgIpc) is 2.59. The van der Waals surface area contributed by atoms with E-state index in [-0.39, 0.29) is 18.3 Å². The first-order chi connectivity index (χ1) is 13.4. The molecule has 5 atom stereocenters. The van der Waals surface area contributed by atoms with Gasteiger partial charge in [0.15, 0.2) is 0 Å². The molecule has 5 heteroatoms. The van der Waals surface area contributed by atoms with Gasteiger partial charge in [0.2, 0.25) is 6.79 Å². The zero-order valence-corrected chi connectivity index (χ0v) is 18.1. The minimum absolute atomic E-state index is 0.118. The molecule has 0 aromatic rings. The topological polar surface area (TPSA) is 64.6 Å². The van der Waals surface area contributed by atoms with Crippen LogP contribution in [0.5, 0.6) is 0 Å². The highest BCUT2D eigenvalue weighted by molar-refractivity contribution is 5.70. The first-order valence-electron chi connectivity index (χ1n) is 11.5. The SMILES string of the molecule is CCCCCCCC(=O)OCOC(=O)NC12CC3CC(C1)C(CC)C(C)(C3)C2. The number of unbranched alkanes of at least 4 members (excludes halogenated alkanes) is 4. The second kappa shape index (κ2) is 9.04. The van der Waals surface area contributed by atoms with Crippen molar-refractivity contribution in [3.63, 3.8) is 0 Å². The van der Waals surface area contributed by atoms with E-state index in [1.165, 1.54) is 32.1 Å². The molecule has 0 aromatic carbocycles. The van der Waals surface area contributed by atoms with Crippen LogP contribution in [0.2, 0.25) is 0 Å². The van der Waals surface area contributed by atoms with Gasteiger partial charge in [-0.1, -0.05) is 52.9 Å². The van der Waals surface area contributed by atoms with Crippen molar-refractivity contribution < 1.29 is 19.1 Å². The van der Waals surface area contributed by atoms with Crippen molar-refractivity contribution in [1.29, 1.82) is 0 Å². The lowest BCUT2D eigenvalue weighted by Crippen LogP contribution is -2.65. The molecule has 4 rings (SSSR count). The fraction of sp³-hybridized carbons (Fsp3) is 0.913. The molecular weight excluding hydrogens is 354 g/mol. The maximum Gasteiger partial charge on any atom is 0.410 e. The first kappa shape index (κ1) is 21.4. The van der Waals surface area contributed by atoms with Crippen LogP contribution in [0.15, 0.2) is 0 Å². The van der Waals surface area contributed by atoms with Crippen LogP contribution in [0.3, 0.4) is 0 Å². The van der Waals surface area contributed by atoms with E-state index < -0.39 is 6.09 Å². The van der Waals surface area contributed by atoms with Crippen molar-refractivity contribution in [2.45, 2.75) is 103 Å². The second-order valence-electron chi connectivity index (χ2n) is 9.96. The second-order valence-corrected chi connectivity index (χ2v) is 9.96. The highest BCUT2D eigenvalue weighted by atomic mass is 16.7. The van der Waals surface area contributed by atoms with E-state index in [2.05, 4.69) is 26.1 Å². The summed E-state index contributed by atoms with van der Waals surface area (Å²) in [5, 5.41) is 3.18. The summed E-state index contributed by atoms with van der Waals surface area (Å²) in [6, 6.07) is 0. The number of carbonyl (C=O) groups excluding carboxylic acids is 2. The van der Waals surface area contributed by atoms with E-state index in [9.17, 15) is 9.59 Å². The lowest BCUT2D eigenvalue weighted by Gasteiger charge is -2.64. The first-order valence-corrected chi connectivity index (χ1v) is 11.5. The zero-order valence-electron chi connectivity index (χ0n) is 18.1. The molecule has 0 spiro atoms. The summed E-state index contributed by atoms with van der Waals surface area (Å²) in [4.78, 5) is 24.1. The molecule has 0 aliphatic heterocycles. The van der Waals surface area contributed by atoms with Gasteiger partial charge in [-0.25, -0.2) is 4.79 Å². The van der Waals surface area contributed by atoms with E-state index in [0.717, 1.165) is 56.3 Å². The summed E-state index contributed by atoms with van der Waals surface area (Å²) in [7, 11) is 0. The molecule has 5 nitrogen and oxygen atoms in total. The molecule has 0 saturated heterocycles. The molecule has 4 aliphatic rings. The Morgan fingerprint density at radius 1 is 1.04 bits per heavy atom. The van der Waals surface area contributed by atoms with Crippen molar-refractivity contribution in [3.05, 3.63) is 0 Å². The quantitative estimate of drug-likeness (QED) is 0.299. The summed E-state index contributed by atoms with van der Waals surface area (Å²) in [5.41, 5.74) is 0.225. The van der Waals surface area contributed by atoms with Gasteiger partial charge in [-0.2, -0.15) is 0 Å². The Morgan fingerprint density at radius 2 is 1.82 bits per heavy atom. The molecule has 0 aromatic heterocycles. The summed E-state index contributed by atoms with van der Waals surface area (Å²) < 4.78 is 10.3. The molecule has 0 radical (unpaired) electrons. The molecule has 5 unspecified atom stereocenters. The summed E-state index contributed by atoms with van der Waals surface area (Å²) >= 11 is 0. The van der Waals surface area contributed by atoms with Crippen LogP contribution in [0.25, 0.3) is 0 Å². The number of alkyl carbamates (subject to hydrolysis) is 1. The van der Waals surface area contributed by atoms with Crippen molar-refractivity contribution in [2.75, 3.05) is 6.79 Å². The summed E-state index contributed by atoms with van der Waals surface area (Å²) in [6.07, 6.45) is 12.5. The van der Waals surface area contributed by atoms with Crippen LogP contribution in [-0.4, -0.2) is 24.4 Å². The number of ether oxygens (including phenoxy) is 2. The van der Waals surface area contributed by atoms with E-state index in [0.29, 0.717) is 11.8 Å². The molecular formula is C23H39NO4. The van der Waals surface area contributed by atoms with Gasteiger partial charge in [-0.3, -0.25) is 4.79 Å². The molecule has 4 aliphatic carbocycles. The third-order valence-corrected chi connectivity index (χ3v) is 7.63. The van der Waals surface area contributed by atoms with Crippen LogP contribution >= 0.6 is 0 Å². The molecule has 28 heavy (non-hydrogen) atoms. The van der Waals surface area contributed by atoms with Crippen molar-refractivity contribution in [1.82, 2.24) is 5.32 Å². The van der Waals surface area contributed by atoms with Crippen LogP contribution in [0, 0.1) is 23.2 Å². The fourth-order valence-electron chi connectivity index (χ4n) is 7.01. The highest BCUT2D eigenvalue weighted by Gasteiger charge is 2.60. The zero-order chi connectivity index (χ0) is 20.2. The predicted octanol–water partition coefficient (Wildman–Crippen LogP) is 5.57. The van der Waals surface area contributed by atoms with Gasteiger partial charge in [-0.15, -0.1) is 0 Å². The van der Waals surface area contributed by atoms with Crippen LogP contribution < -0.4 is 5.32 Å². The number of carbonyl (C=O) groups is 2. The lowest BCUT2D eigenvalue weighted by molar-refractivity contribution is -0.152. The number of nitrogens with one attached hydrogen (secondary N) is 1. The van der Waals surface area contributed by atoms with Gasteiger partial charge >= 0.3 is 12.1 Å². The number of hydrogen-bond acceptors (Lipinski definition) is 4. The number of esters is 1. The molecule has 4 fully saturated rings. The largest absolute Gasteiger partial charge is 0.428 e. The maximum absolute atomic E-state index is 12.4. The number of amides is 1. The van der Waals surface area contributed by atoms with Crippen molar-refractivity contribution in [3.8, 4) is 0 Å². The summed E-state index contributed by atoms with van der Waals surface area (Å²) in [5.74, 6) is 1.96. The van der Waals surface area contributed by atoms with Gasteiger partial charge in [0.05, 0.1) is 0 Å². The Morgan fingerprint density at radius 3 is 2.54 bits per heavy atom. The van der Waals surface area contributed by atoms with E-state index in [1.807, 2.05) is 0 Å². The molecule has 1 amide bonds. The Labute approximate surface area is 170 Å². The van der Waals surface area contributed by atoms with Gasteiger partial charge in [-0.05, 0) is 61.7 Å². The van der Waals surface area contributed by atoms with Crippen molar-refractivity contribution >= 4 is 12.1 Å². The molecule has 0 heterocycles. The van der Waals surface area contributed by atoms with Crippen LogP contribution in [0.4, 0.5) is 4.79 Å². The third kappa shape index (κ3) is 4.83. The van der Waals surface area contributed by atoms with Crippen LogP contribution in [0.1, 0.15) is 97.8 Å². The normalized spacial score (nSPS) is 35.6. The van der Waals surface area contributed by atoms with Crippen LogP contribution in [-0.2, 0) is 14.3 Å². The van der Waals surface area contributed by atoms with Gasteiger partial charge < -0.3 is 14.8 Å². The molecule has 4 saturated carbocycles. The average molecular weight is 394 g/mol. The minimum atomic E-state index is -0.436. The summed E-state index contributed by atoms with van der Waals surface area (Å²) in [6.45, 7) is 6.62. The number of rotatable bonds is 10. The van der Waals surface area contributed by atoms with Gasteiger partial charge in [0.25, 0.3) is 0 Å². The highest BCUT2D eigenvalue weighted by Crippen LogP contribution is 2.64. The predicted molar refractivity (Wildman–Crippen MR) is 109 cm³/mol. The standard InChI is InChI=1S/C23H39NO4/c1-4-6-7-8-9-10-20(25)27-16-28-21(26)24-23-13-17-11-18(14-23)19(5-2)22(3,12-17)15-23/h17-19H,4-16H2,1-3H3,(H,24,26). The monoisotopic (exact) mass is 393 g/mol. The van der Waals surface area contributed by atoms with E-state index in [1.54, 1.807) is 0 Å².